The lowest BCUT2D eigenvalue weighted by Gasteiger charge is -2.26. The van der Waals surface area contributed by atoms with Gasteiger partial charge in [0.15, 0.2) is 5.96 Å². The predicted octanol–water partition coefficient (Wildman–Crippen LogP) is 3.91. The van der Waals surface area contributed by atoms with E-state index in [4.69, 9.17) is 16.0 Å². The second-order valence-corrected chi connectivity index (χ2v) is 6.12. The lowest BCUT2D eigenvalue weighted by atomic mass is 10.1. The highest BCUT2D eigenvalue weighted by Crippen LogP contribution is 2.19. The summed E-state index contributed by atoms with van der Waals surface area (Å²) in [6.07, 6.45) is 1.66. The number of hydrogen-bond acceptors (Lipinski definition) is 3. The van der Waals surface area contributed by atoms with Crippen molar-refractivity contribution in [3.63, 3.8) is 0 Å². The summed E-state index contributed by atoms with van der Waals surface area (Å²) in [5.74, 6) is 1.61. The van der Waals surface area contributed by atoms with Gasteiger partial charge in [0.25, 0.3) is 0 Å². The zero-order valence-corrected chi connectivity index (χ0v) is 17.9. The topological polar surface area (TPSA) is 52.8 Å². The van der Waals surface area contributed by atoms with E-state index >= 15 is 0 Å². The van der Waals surface area contributed by atoms with Gasteiger partial charge in [-0.2, -0.15) is 0 Å². The molecule has 0 aliphatic carbocycles. The number of halogens is 2. The molecule has 1 aromatic heterocycles. The summed E-state index contributed by atoms with van der Waals surface area (Å²) in [6.45, 7) is 4.10. The van der Waals surface area contributed by atoms with Crippen molar-refractivity contribution in [2.45, 2.75) is 19.5 Å². The van der Waals surface area contributed by atoms with Gasteiger partial charge in [-0.3, -0.25) is 0 Å². The van der Waals surface area contributed by atoms with Gasteiger partial charge in [-0.25, -0.2) is 4.99 Å². The van der Waals surface area contributed by atoms with Gasteiger partial charge in [-0.15, -0.1) is 24.0 Å². The Kier molecular flexibility index (Phi) is 9.92. The largest absolute Gasteiger partial charge is 0.467 e. The molecule has 1 aromatic carbocycles. The molecule has 0 amide bonds. The van der Waals surface area contributed by atoms with Crippen molar-refractivity contribution in [3.05, 3.63) is 59.0 Å². The highest BCUT2D eigenvalue weighted by atomic mass is 127. The molecule has 2 N–H and O–H groups in total. The monoisotopic (exact) mass is 476 g/mol. The van der Waals surface area contributed by atoms with Crippen LogP contribution in [0.4, 0.5) is 0 Å². The first kappa shape index (κ1) is 21.8. The first-order chi connectivity index (χ1) is 11.6. The number of guanidine groups is 1. The first-order valence-corrected chi connectivity index (χ1v) is 8.44. The third kappa shape index (κ3) is 7.25. The fourth-order valence-electron chi connectivity index (χ4n) is 2.38. The fourth-order valence-corrected chi connectivity index (χ4v) is 2.50. The molecular formula is C18H26ClIN4O. The van der Waals surface area contributed by atoms with Gasteiger partial charge in [0.1, 0.15) is 12.3 Å². The van der Waals surface area contributed by atoms with Gasteiger partial charge in [-0.05, 0) is 50.8 Å². The van der Waals surface area contributed by atoms with Crippen LogP contribution < -0.4 is 10.6 Å². The summed E-state index contributed by atoms with van der Waals surface area (Å²) in [7, 11) is 4.13. The van der Waals surface area contributed by atoms with Gasteiger partial charge in [-0.1, -0.05) is 23.7 Å². The van der Waals surface area contributed by atoms with Gasteiger partial charge < -0.3 is 20.0 Å². The van der Waals surface area contributed by atoms with Crippen molar-refractivity contribution >= 4 is 41.5 Å². The minimum Gasteiger partial charge on any atom is -0.467 e. The molecule has 2 rings (SSSR count). The van der Waals surface area contributed by atoms with Gasteiger partial charge in [0.05, 0.1) is 12.3 Å². The Morgan fingerprint density at radius 2 is 1.92 bits per heavy atom. The van der Waals surface area contributed by atoms with Crippen LogP contribution in [0.25, 0.3) is 0 Å². The normalized spacial score (nSPS) is 12.6. The van der Waals surface area contributed by atoms with E-state index in [1.165, 1.54) is 5.56 Å². The standard InChI is InChI=1S/C18H25ClN4O.HI/c1-4-20-18(21-12-16-6-5-11-24-16)22-13-17(23(2)3)14-7-9-15(19)10-8-14;/h5-11,17H,4,12-13H2,1-3H3,(H2,20,21,22);1H. The van der Waals surface area contributed by atoms with Crippen LogP contribution in [0.2, 0.25) is 5.02 Å². The lowest BCUT2D eigenvalue weighted by Crippen LogP contribution is -2.41. The molecule has 1 atom stereocenters. The fraction of sp³-hybridized carbons (Fsp3) is 0.389. The number of hydrogen-bond donors (Lipinski definition) is 2. The minimum atomic E-state index is 0. The van der Waals surface area contributed by atoms with Crippen LogP contribution in [0, 0.1) is 0 Å². The molecule has 7 heteroatoms. The van der Waals surface area contributed by atoms with Crippen molar-refractivity contribution in [3.8, 4) is 0 Å². The number of likely N-dealkylation sites (N-methyl/N-ethyl adjacent to an activating group) is 1. The molecular weight excluding hydrogens is 451 g/mol. The van der Waals surface area contributed by atoms with E-state index in [2.05, 4.69) is 46.8 Å². The molecule has 5 nitrogen and oxygen atoms in total. The zero-order chi connectivity index (χ0) is 17.4. The van der Waals surface area contributed by atoms with Crippen LogP contribution >= 0.6 is 35.6 Å². The summed E-state index contributed by atoms with van der Waals surface area (Å²) in [4.78, 5) is 6.73. The Hall–Kier alpha value is -1.25. The molecule has 138 valence electrons. The number of rotatable bonds is 7. The third-order valence-electron chi connectivity index (χ3n) is 3.66. The number of nitrogens with one attached hydrogen (secondary N) is 2. The summed E-state index contributed by atoms with van der Waals surface area (Å²) >= 11 is 5.99. The maximum Gasteiger partial charge on any atom is 0.191 e. The zero-order valence-electron chi connectivity index (χ0n) is 14.8. The van der Waals surface area contributed by atoms with Crippen LogP contribution in [0.1, 0.15) is 24.3 Å². The quantitative estimate of drug-likeness (QED) is 0.361. The van der Waals surface area contributed by atoms with E-state index < -0.39 is 0 Å². The molecule has 25 heavy (non-hydrogen) atoms. The Morgan fingerprint density at radius 1 is 1.20 bits per heavy atom. The van der Waals surface area contributed by atoms with Gasteiger partial charge in [0.2, 0.25) is 0 Å². The first-order valence-electron chi connectivity index (χ1n) is 8.06. The SMILES string of the molecule is CCNC(=NCc1ccco1)NCC(c1ccc(Cl)cc1)N(C)C.I. The second-order valence-electron chi connectivity index (χ2n) is 5.69. The number of nitrogens with zero attached hydrogens (tertiary/aromatic N) is 2. The lowest BCUT2D eigenvalue weighted by molar-refractivity contribution is 0.298. The van der Waals surface area contributed by atoms with Crippen molar-refractivity contribution in [2.24, 2.45) is 4.99 Å². The predicted molar refractivity (Wildman–Crippen MR) is 115 cm³/mol. The molecule has 0 aliphatic heterocycles. The van der Waals surface area contributed by atoms with Crippen LogP contribution in [0.15, 0.2) is 52.1 Å². The van der Waals surface area contributed by atoms with Gasteiger partial charge >= 0.3 is 0 Å². The average molecular weight is 477 g/mol. The van der Waals surface area contributed by atoms with E-state index in [-0.39, 0.29) is 30.0 Å². The molecule has 0 fully saturated rings. The van der Waals surface area contributed by atoms with E-state index in [1.54, 1.807) is 6.26 Å². The van der Waals surface area contributed by atoms with E-state index in [9.17, 15) is 0 Å². The molecule has 0 aliphatic rings. The molecule has 0 spiro atoms. The molecule has 0 radical (unpaired) electrons. The van der Waals surface area contributed by atoms with E-state index in [1.807, 2.05) is 31.2 Å². The summed E-state index contributed by atoms with van der Waals surface area (Å²) in [5.41, 5.74) is 1.21. The summed E-state index contributed by atoms with van der Waals surface area (Å²) < 4.78 is 5.32. The smallest absolute Gasteiger partial charge is 0.191 e. The van der Waals surface area contributed by atoms with Crippen molar-refractivity contribution in [1.82, 2.24) is 15.5 Å². The number of furan rings is 1. The minimum absolute atomic E-state index is 0. The Morgan fingerprint density at radius 3 is 2.48 bits per heavy atom. The summed E-state index contributed by atoms with van der Waals surface area (Å²) in [5, 5.41) is 7.41. The average Bonchev–Trinajstić information content (AvgIpc) is 3.07. The maximum absolute atomic E-state index is 5.99. The highest BCUT2D eigenvalue weighted by Gasteiger charge is 2.14. The van der Waals surface area contributed by atoms with Crippen LogP contribution in [-0.4, -0.2) is 38.0 Å². The third-order valence-corrected chi connectivity index (χ3v) is 3.91. The molecule has 0 bridgehead atoms. The van der Waals surface area contributed by atoms with Crippen molar-refractivity contribution < 1.29 is 4.42 Å². The molecule has 1 unspecified atom stereocenters. The molecule has 0 saturated carbocycles. The second kappa shape index (κ2) is 11.4. The van der Waals surface area contributed by atoms with Crippen LogP contribution in [0.5, 0.6) is 0 Å². The molecule has 1 heterocycles. The van der Waals surface area contributed by atoms with E-state index in [0.29, 0.717) is 6.54 Å². The van der Waals surface area contributed by atoms with Gasteiger partial charge in [0, 0.05) is 18.1 Å². The maximum atomic E-state index is 5.99. The molecule has 0 saturated heterocycles. The Balaban J connectivity index is 0.00000312. The Labute approximate surface area is 171 Å². The highest BCUT2D eigenvalue weighted by molar-refractivity contribution is 14.0. The Bertz CT molecular complexity index is 629. The van der Waals surface area contributed by atoms with Crippen LogP contribution in [-0.2, 0) is 6.54 Å². The van der Waals surface area contributed by atoms with Crippen molar-refractivity contribution in [2.75, 3.05) is 27.2 Å². The van der Waals surface area contributed by atoms with Crippen molar-refractivity contribution in [1.29, 1.82) is 0 Å². The van der Waals surface area contributed by atoms with E-state index in [0.717, 1.165) is 29.8 Å². The van der Waals surface area contributed by atoms with Crippen LogP contribution in [0.3, 0.4) is 0 Å². The molecule has 2 aromatic rings. The number of aliphatic imine (C=N–C) groups is 1. The summed E-state index contributed by atoms with van der Waals surface area (Å²) in [6, 6.07) is 12.0. The number of benzene rings is 1.